The summed E-state index contributed by atoms with van der Waals surface area (Å²) >= 11 is 0. The monoisotopic (exact) mass is 460 g/mol. The zero-order valence-corrected chi connectivity index (χ0v) is 19.0. The topological polar surface area (TPSA) is 87.9 Å². The summed E-state index contributed by atoms with van der Waals surface area (Å²) in [6.45, 7) is 1.29. The van der Waals surface area contributed by atoms with Gasteiger partial charge in [0.25, 0.3) is 0 Å². The lowest BCUT2D eigenvalue weighted by atomic mass is 10.0. The third-order valence-electron chi connectivity index (χ3n) is 6.33. The van der Waals surface area contributed by atoms with E-state index in [0.29, 0.717) is 37.3 Å². The Bertz CT molecular complexity index is 1250. The van der Waals surface area contributed by atoms with E-state index in [9.17, 15) is 4.39 Å². The van der Waals surface area contributed by atoms with Gasteiger partial charge >= 0.3 is 0 Å². The highest BCUT2D eigenvalue weighted by atomic mass is 19.1. The number of nitrogens with zero attached hydrogens (tertiary/aromatic N) is 4. The molecule has 0 bridgehead atoms. The van der Waals surface area contributed by atoms with Crippen LogP contribution in [-0.2, 0) is 6.54 Å². The molecule has 1 aliphatic rings. The maximum atomic E-state index is 13.6. The molecule has 34 heavy (non-hydrogen) atoms. The number of rotatable bonds is 9. The van der Waals surface area contributed by atoms with Crippen LogP contribution in [0.3, 0.4) is 0 Å². The molecule has 1 aliphatic carbocycles. The van der Waals surface area contributed by atoms with Gasteiger partial charge in [0, 0.05) is 25.7 Å². The fraction of sp³-hybridized carbons (Fsp3) is 0.346. The number of hydrogen-bond donors (Lipinski definition) is 3. The van der Waals surface area contributed by atoms with Crippen molar-refractivity contribution in [3.05, 3.63) is 66.2 Å². The molecule has 8 heteroatoms. The van der Waals surface area contributed by atoms with Crippen molar-refractivity contribution >= 4 is 22.9 Å². The molecule has 2 heterocycles. The van der Waals surface area contributed by atoms with E-state index in [4.69, 9.17) is 10.1 Å². The highest BCUT2D eigenvalue weighted by Crippen LogP contribution is 2.33. The van der Waals surface area contributed by atoms with Crippen molar-refractivity contribution in [2.75, 3.05) is 23.8 Å². The molecule has 3 N–H and O–H groups in total. The molecule has 176 valence electrons. The van der Waals surface area contributed by atoms with Crippen LogP contribution in [0.1, 0.15) is 43.7 Å². The predicted molar refractivity (Wildman–Crippen MR) is 132 cm³/mol. The van der Waals surface area contributed by atoms with Crippen molar-refractivity contribution in [1.82, 2.24) is 19.5 Å². The van der Waals surface area contributed by atoms with Crippen LogP contribution in [0, 0.1) is 5.82 Å². The average Bonchev–Trinajstić information content (AvgIpc) is 3.53. The van der Waals surface area contributed by atoms with E-state index in [2.05, 4.69) is 25.2 Å². The molecule has 0 amide bonds. The van der Waals surface area contributed by atoms with Crippen molar-refractivity contribution < 1.29 is 9.50 Å². The van der Waals surface area contributed by atoms with Gasteiger partial charge in [-0.1, -0.05) is 49.2 Å². The Balaban J connectivity index is 1.37. The summed E-state index contributed by atoms with van der Waals surface area (Å²) < 4.78 is 15.7. The number of anilines is 2. The van der Waals surface area contributed by atoms with Crippen LogP contribution in [0.25, 0.3) is 22.3 Å². The molecule has 7 nitrogen and oxygen atoms in total. The van der Waals surface area contributed by atoms with Crippen LogP contribution in [0.5, 0.6) is 0 Å². The lowest BCUT2D eigenvalue weighted by Crippen LogP contribution is -2.11. The van der Waals surface area contributed by atoms with Gasteiger partial charge in [0.05, 0.1) is 6.33 Å². The van der Waals surface area contributed by atoms with Gasteiger partial charge in [-0.3, -0.25) is 0 Å². The Labute approximate surface area is 198 Å². The molecule has 0 atom stereocenters. The minimum atomic E-state index is -0.239. The van der Waals surface area contributed by atoms with Gasteiger partial charge in [-0.25, -0.2) is 9.37 Å². The maximum Gasteiger partial charge on any atom is 0.226 e. The molecule has 0 radical (unpaired) electrons. The van der Waals surface area contributed by atoms with Crippen molar-refractivity contribution in [1.29, 1.82) is 0 Å². The van der Waals surface area contributed by atoms with E-state index >= 15 is 0 Å². The van der Waals surface area contributed by atoms with Crippen LogP contribution in [-0.4, -0.2) is 37.8 Å². The first-order chi connectivity index (χ1) is 16.7. The average molecular weight is 461 g/mol. The summed E-state index contributed by atoms with van der Waals surface area (Å²) in [5.41, 5.74) is 4.50. The Kier molecular flexibility index (Phi) is 6.67. The van der Waals surface area contributed by atoms with E-state index in [-0.39, 0.29) is 12.4 Å². The number of benzene rings is 2. The van der Waals surface area contributed by atoms with Crippen LogP contribution in [0.2, 0.25) is 0 Å². The summed E-state index contributed by atoms with van der Waals surface area (Å²) in [6, 6.07) is 15.1. The normalized spacial score (nSPS) is 14.1. The number of hydrogen-bond acceptors (Lipinski definition) is 6. The summed E-state index contributed by atoms with van der Waals surface area (Å²) in [7, 11) is 0. The fourth-order valence-corrected chi connectivity index (χ4v) is 4.52. The second-order valence-electron chi connectivity index (χ2n) is 8.72. The first kappa shape index (κ1) is 22.3. The smallest absolute Gasteiger partial charge is 0.226 e. The quantitative estimate of drug-likeness (QED) is 0.299. The Morgan fingerprint density at radius 3 is 2.59 bits per heavy atom. The van der Waals surface area contributed by atoms with Gasteiger partial charge in [-0.2, -0.15) is 9.97 Å². The molecule has 1 saturated carbocycles. The number of nitrogens with one attached hydrogen (secondary N) is 2. The molecule has 5 rings (SSSR count). The summed E-state index contributed by atoms with van der Waals surface area (Å²) in [4.78, 5) is 14.1. The summed E-state index contributed by atoms with van der Waals surface area (Å²) in [6.07, 6.45) is 7.25. The van der Waals surface area contributed by atoms with E-state index in [1.54, 1.807) is 6.07 Å². The second-order valence-corrected chi connectivity index (χ2v) is 8.72. The van der Waals surface area contributed by atoms with Gasteiger partial charge in [0.1, 0.15) is 5.82 Å². The SMILES string of the molecule is OCCCNc1nc(NCc2ccc(-c3cccc(F)c3)cc2)c2ncn(C3CCCC3)c2n1. The third-order valence-corrected chi connectivity index (χ3v) is 6.33. The Morgan fingerprint density at radius 1 is 1.00 bits per heavy atom. The molecule has 2 aromatic carbocycles. The van der Waals surface area contributed by atoms with Gasteiger partial charge in [-0.15, -0.1) is 0 Å². The molecule has 4 aromatic rings. The van der Waals surface area contributed by atoms with Gasteiger partial charge in [0.15, 0.2) is 17.0 Å². The largest absolute Gasteiger partial charge is 0.396 e. The van der Waals surface area contributed by atoms with E-state index in [1.807, 2.05) is 36.7 Å². The summed E-state index contributed by atoms with van der Waals surface area (Å²) in [5.74, 6) is 0.976. The Hall–Kier alpha value is -3.52. The van der Waals surface area contributed by atoms with E-state index in [0.717, 1.165) is 40.7 Å². The lowest BCUT2D eigenvalue weighted by molar-refractivity contribution is 0.292. The molecule has 2 aromatic heterocycles. The van der Waals surface area contributed by atoms with Crippen molar-refractivity contribution in [3.8, 4) is 11.1 Å². The number of aromatic nitrogens is 4. The van der Waals surface area contributed by atoms with Crippen LogP contribution in [0.4, 0.5) is 16.2 Å². The van der Waals surface area contributed by atoms with Gasteiger partial charge in [-0.05, 0) is 48.1 Å². The first-order valence-corrected chi connectivity index (χ1v) is 11.9. The first-order valence-electron chi connectivity index (χ1n) is 11.9. The third kappa shape index (κ3) is 4.87. The van der Waals surface area contributed by atoms with E-state index in [1.165, 1.54) is 25.0 Å². The Morgan fingerprint density at radius 2 is 1.82 bits per heavy atom. The number of fused-ring (bicyclic) bond motifs is 1. The number of aliphatic hydroxyl groups excluding tert-OH is 1. The molecular formula is C26H29FN6O. The second kappa shape index (κ2) is 10.2. The van der Waals surface area contributed by atoms with Gasteiger partial charge in [0.2, 0.25) is 5.95 Å². The molecule has 0 aliphatic heterocycles. The van der Waals surface area contributed by atoms with Crippen molar-refractivity contribution in [2.45, 2.75) is 44.7 Å². The van der Waals surface area contributed by atoms with Crippen molar-refractivity contribution in [3.63, 3.8) is 0 Å². The zero-order chi connectivity index (χ0) is 23.3. The predicted octanol–water partition coefficient (Wildman–Crippen LogP) is 5.15. The fourth-order valence-electron chi connectivity index (χ4n) is 4.52. The van der Waals surface area contributed by atoms with Gasteiger partial charge < -0.3 is 20.3 Å². The minimum absolute atomic E-state index is 0.117. The molecule has 1 fully saturated rings. The number of halogens is 1. The standard InChI is InChI=1S/C26H29FN6O/c27-21-6-3-5-20(15-21)19-11-9-18(10-12-19)16-29-24-23-25(32-26(31-24)28-13-4-14-34)33(17-30-23)22-7-1-2-8-22/h3,5-6,9-12,15,17,22,34H,1-2,4,7-8,13-14,16H2,(H2,28,29,31,32). The van der Waals surface area contributed by atoms with Crippen LogP contribution < -0.4 is 10.6 Å². The molecule has 0 unspecified atom stereocenters. The number of aliphatic hydroxyl groups is 1. The number of imidazole rings is 1. The van der Waals surface area contributed by atoms with E-state index < -0.39 is 0 Å². The molecular weight excluding hydrogens is 431 g/mol. The zero-order valence-electron chi connectivity index (χ0n) is 19.0. The van der Waals surface area contributed by atoms with Crippen LogP contribution in [0.15, 0.2) is 54.9 Å². The lowest BCUT2D eigenvalue weighted by Gasteiger charge is -2.14. The maximum absolute atomic E-state index is 13.6. The summed E-state index contributed by atoms with van der Waals surface area (Å²) in [5, 5.41) is 15.8. The highest BCUT2D eigenvalue weighted by molar-refractivity contribution is 5.84. The highest BCUT2D eigenvalue weighted by Gasteiger charge is 2.21. The van der Waals surface area contributed by atoms with Crippen molar-refractivity contribution in [2.24, 2.45) is 0 Å². The minimum Gasteiger partial charge on any atom is -0.396 e. The van der Waals surface area contributed by atoms with Crippen LogP contribution >= 0.6 is 0 Å². The molecule has 0 spiro atoms. The molecule has 0 saturated heterocycles.